The van der Waals surface area contributed by atoms with E-state index in [1.807, 2.05) is 0 Å². The molecule has 0 heteroatoms. The summed E-state index contributed by atoms with van der Waals surface area (Å²) < 4.78 is 0. The van der Waals surface area contributed by atoms with Gasteiger partial charge < -0.3 is 0 Å². The Kier molecular flexibility index (Phi) is 4.29. The Balaban J connectivity index is 1.73. The summed E-state index contributed by atoms with van der Waals surface area (Å²) in [5.74, 6) is 2.07. The molecule has 2 aromatic rings. The van der Waals surface area contributed by atoms with Crippen LogP contribution in [0.5, 0.6) is 0 Å². The van der Waals surface area contributed by atoms with Crippen molar-refractivity contribution in [3.63, 3.8) is 0 Å². The summed E-state index contributed by atoms with van der Waals surface area (Å²) in [6.45, 7) is 12.2. The van der Waals surface area contributed by atoms with E-state index in [-0.39, 0.29) is 0 Å². The molecular weight excluding hydrogens is 312 g/mol. The first-order chi connectivity index (χ1) is 12.4. The van der Waals surface area contributed by atoms with E-state index in [1.54, 1.807) is 22.3 Å². The average Bonchev–Trinajstić information content (AvgIpc) is 3.16. The van der Waals surface area contributed by atoms with Gasteiger partial charge in [-0.25, -0.2) is 0 Å². The van der Waals surface area contributed by atoms with Crippen LogP contribution in [0.1, 0.15) is 94.4 Å². The minimum Gasteiger partial charge on any atom is -0.0645 e. The molecule has 2 aromatic carbocycles. The van der Waals surface area contributed by atoms with Crippen LogP contribution in [0.15, 0.2) is 48.5 Å². The molecular formula is C26H34. The predicted molar refractivity (Wildman–Crippen MR) is 112 cm³/mol. The van der Waals surface area contributed by atoms with E-state index in [4.69, 9.17) is 0 Å². The standard InChI is InChI=1S/C26H34/c1-6-25(4)16-21(19-12-8-10-14-23(19)25)18(3)22-17-26(5,7-2)24-15-11-9-13-20(22)24/h8-15,18,21-22H,6-7,16-17H2,1-5H3. The van der Waals surface area contributed by atoms with Gasteiger partial charge in [-0.05, 0) is 76.5 Å². The van der Waals surface area contributed by atoms with Gasteiger partial charge in [0.2, 0.25) is 0 Å². The molecule has 4 rings (SSSR count). The molecule has 0 aromatic heterocycles. The Morgan fingerprint density at radius 3 is 1.54 bits per heavy atom. The molecule has 138 valence electrons. The van der Waals surface area contributed by atoms with Crippen molar-refractivity contribution < 1.29 is 0 Å². The molecule has 0 bridgehead atoms. The first kappa shape index (κ1) is 17.8. The summed E-state index contributed by atoms with van der Waals surface area (Å²) in [7, 11) is 0. The molecule has 0 saturated heterocycles. The van der Waals surface area contributed by atoms with Gasteiger partial charge in [-0.1, -0.05) is 83.1 Å². The van der Waals surface area contributed by atoms with Gasteiger partial charge in [-0.3, -0.25) is 0 Å². The van der Waals surface area contributed by atoms with Crippen LogP contribution in [0, 0.1) is 5.92 Å². The van der Waals surface area contributed by atoms with Gasteiger partial charge in [0.25, 0.3) is 0 Å². The predicted octanol–water partition coefficient (Wildman–Crippen LogP) is 7.33. The van der Waals surface area contributed by atoms with Gasteiger partial charge >= 0.3 is 0 Å². The van der Waals surface area contributed by atoms with E-state index in [0.717, 1.165) is 0 Å². The maximum Gasteiger partial charge on any atom is -0.00691 e. The zero-order valence-corrected chi connectivity index (χ0v) is 17.2. The summed E-state index contributed by atoms with van der Waals surface area (Å²) in [6, 6.07) is 18.6. The molecule has 0 aliphatic heterocycles. The van der Waals surface area contributed by atoms with Crippen LogP contribution in [0.3, 0.4) is 0 Å². The van der Waals surface area contributed by atoms with Gasteiger partial charge in [0.05, 0.1) is 0 Å². The first-order valence-corrected chi connectivity index (χ1v) is 10.6. The van der Waals surface area contributed by atoms with Crippen LogP contribution in [-0.4, -0.2) is 0 Å². The molecule has 0 nitrogen and oxygen atoms in total. The number of hydrogen-bond donors (Lipinski definition) is 0. The molecule has 26 heavy (non-hydrogen) atoms. The molecule has 0 radical (unpaired) electrons. The van der Waals surface area contributed by atoms with Gasteiger partial charge in [0.1, 0.15) is 0 Å². The van der Waals surface area contributed by atoms with Gasteiger partial charge in [0.15, 0.2) is 0 Å². The molecule has 0 spiro atoms. The molecule has 4 atom stereocenters. The SMILES string of the molecule is CCC1(C)CC(C(C)C2CC(C)(CC)c3ccccc32)c2ccccc21. The highest BCUT2D eigenvalue weighted by atomic mass is 14.5. The lowest BCUT2D eigenvalue weighted by Gasteiger charge is -2.30. The zero-order chi connectivity index (χ0) is 18.5. The Morgan fingerprint density at radius 1 is 0.769 bits per heavy atom. The Morgan fingerprint density at radius 2 is 1.15 bits per heavy atom. The lowest BCUT2D eigenvalue weighted by molar-refractivity contribution is 0.297. The first-order valence-electron chi connectivity index (χ1n) is 10.6. The zero-order valence-electron chi connectivity index (χ0n) is 17.2. The third-order valence-corrected chi connectivity index (χ3v) is 8.19. The molecule has 0 amide bonds. The van der Waals surface area contributed by atoms with E-state index in [1.165, 1.54) is 25.7 Å². The smallest absolute Gasteiger partial charge is 0.00691 e. The Labute approximate surface area is 160 Å². The van der Waals surface area contributed by atoms with Crippen molar-refractivity contribution in [2.75, 3.05) is 0 Å². The molecule has 2 aliphatic rings. The van der Waals surface area contributed by atoms with Crippen LogP contribution < -0.4 is 0 Å². The highest BCUT2D eigenvalue weighted by molar-refractivity contribution is 5.46. The van der Waals surface area contributed by atoms with Crippen molar-refractivity contribution in [1.29, 1.82) is 0 Å². The summed E-state index contributed by atoms with van der Waals surface area (Å²) in [5, 5.41) is 0. The van der Waals surface area contributed by atoms with Crippen molar-refractivity contribution in [2.45, 2.75) is 83.0 Å². The molecule has 0 N–H and O–H groups in total. The van der Waals surface area contributed by atoms with Crippen LogP contribution in [-0.2, 0) is 10.8 Å². The lowest BCUT2D eigenvalue weighted by Crippen LogP contribution is -2.21. The number of benzene rings is 2. The fourth-order valence-electron chi connectivity index (χ4n) is 6.04. The van der Waals surface area contributed by atoms with E-state index in [0.29, 0.717) is 28.6 Å². The topological polar surface area (TPSA) is 0 Å². The lowest BCUT2D eigenvalue weighted by atomic mass is 9.73. The maximum atomic E-state index is 2.53. The largest absolute Gasteiger partial charge is 0.0645 e. The minimum absolute atomic E-state index is 0.349. The average molecular weight is 347 g/mol. The van der Waals surface area contributed by atoms with E-state index in [2.05, 4.69) is 83.1 Å². The van der Waals surface area contributed by atoms with Crippen molar-refractivity contribution >= 4 is 0 Å². The molecule has 0 saturated carbocycles. The highest BCUT2D eigenvalue weighted by Crippen LogP contribution is 2.58. The van der Waals surface area contributed by atoms with Gasteiger partial charge in [0, 0.05) is 0 Å². The maximum absolute atomic E-state index is 2.53. The van der Waals surface area contributed by atoms with Gasteiger partial charge in [-0.15, -0.1) is 0 Å². The second kappa shape index (κ2) is 6.25. The van der Waals surface area contributed by atoms with Crippen molar-refractivity contribution in [2.24, 2.45) is 5.92 Å². The van der Waals surface area contributed by atoms with Crippen LogP contribution >= 0.6 is 0 Å². The molecule has 4 unspecified atom stereocenters. The Hall–Kier alpha value is -1.56. The fraction of sp³-hybridized carbons (Fsp3) is 0.538. The number of hydrogen-bond acceptors (Lipinski definition) is 0. The summed E-state index contributed by atoms with van der Waals surface area (Å²) >= 11 is 0. The van der Waals surface area contributed by atoms with Crippen LogP contribution in [0.2, 0.25) is 0 Å². The molecule has 0 fully saturated rings. The number of rotatable bonds is 4. The Bertz CT molecular complexity index is 736. The van der Waals surface area contributed by atoms with E-state index < -0.39 is 0 Å². The third-order valence-electron chi connectivity index (χ3n) is 8.19. The second-order valence-electron chi connectivity index (χ2n) is 9.48. The fourth-order valence-corrected chi connectivity index (χ4v) is 6.04. The second-order valence-corrected chi connectivity index (χ2v) is 9.48. The molecule has 0 heterocycles. The van der Waals surface area contributed by atoms with Gasteiger partial charge in [-0.2, -0.15) is 0 Å². The number of fused-ring (bicyclic) bond motifs is 2. The van der Waals surface area contributed by atoms with Crippen LogP contribution in [0.25, 0.3) is 0 Å². The van der Waals surface area contributed by atoms with Crippen molar-refractivity contribution in [1.82, 2.24) is 0 Å². The summed E-state index contributed by atoms with van der Waals surface area (Å²) in [5.41, 5.74) is 7.19. The van der Waals surface area contributed by atoms with E-state index >= 15 is 0 Å². The van der Waals surface area contributed by atoms with Crippen molar-refractivity contribution in [3.05, 3.63) is 70.8 Å². The minimum atomic E-state index is 0.349. The normalized spacial score (nSPS) is 33.7. The van der Waals surface area contributed by atoms with E-state index in [9.17, 15) is 0 Å². The monoisotopic (exact) mass is 346 g/mol. The summed E-state index contributed by atoms with van der Waals surface area (Å²) in [4.78, 5) is 0. The highest BCUT2D eigenvalue weighted by Gasteiger charge is 2.47. The van der Waals surface area contributed by atoms with Crippen molar-refractivity contribution in [3.8, 4) is 0 Å². The molecule has 2 aliphatic carbocycles. The van der Waals surface area contributed by atoms with Crippen LogP contribution in [0.4, 0.5) is 0 Å². The summed E-state index contributed by atoms with van der Waals surface area (Å²) in [6.07, 6.45) is 5.10. The third kappa shape index (κ3) is 2.48. The quantitative estimate of drug-likeness (QED) is 0.543.